The highest BCUT2D eigenvalue weighted by molar-refractivity contribution is 6.42. The first kappa shape index (κ1) is 22.7. The fourth-order valence-corrected chi connectivity index (χ4v) is 5.75. The van der Waals surface area contributed by atoms with Gasteiger partial charge < -0.3 is 10.6 Å². The van der Waals surface area contributed by atoms with Crippen LogP contribution in [0.5, 0.6) is 0 Å². The molecule has 1 atom stereocenters. The quantitative estimate of drug-likeness (QED) is 0.642. The van der Waals surface area contributed by atoms with E-state index in [2.05, 4.69) is 45.4 Å². The average molecular weight is 466 g/mol. The molecule has 168 valence electrons. The number of aromatic nitrogens is 2. The van der Waals surface area contributed by atoms with Crippen molar-refractivity contribution in [3.63, 3.8) is 0 Å². The van der Waals surface area contributed by atoms with E-state index in [0.717, 1.165) is 57.4 Å². The Balaban J connectivity index is 1.57. The van der Waals surface area contributed by atoms with E-state index in [1.54, 1.807) is 0 Å². The number of benzene rings is 1. The number of halogens is 3. The SMILES string of the molecule is CC1(Nc2ncc(F)cn2)CCC(C(C)(c2cccc(Cl)c2Cl)N2CCNCC2)CC1. The van der Waals surface area contributed by atoms with Gasteiger partial charge in [-0.3, -0.25) is 4.90 Å². The van der Waals surface area contributed by atoms with Gasteiger partial charge in [0.15, 0.2) is 5.82 Å². The molecular weight excluding hydrogens is 436 g/mol. The van der Waals surface area contributed by atoms with Crippen LogP contribution in [0, 0.1) is 11.7 Å². The number of nitrogens with one attached hydrogen (secondary N) is 2. The summed E-state index contributed by atoms with van der Waals surface area (Å²) < 4.78 is 13.2. The van der Waals surface area contributed by atoms with Gasteiger partial charge in [-0.25, -0.2) is 14.4 Å². The highest BCUT2D eigenvalue weighted by Crippen LogP contribution is 2.49. The molecule has 2 fully saturated rings. The Morgan fingerprint density at radius 2 is 1.81 bits per heavy atom. The monoisotopic (exact) mass is 465 g/mol. The summed E-state index contributed by atoms with van der Waals surface area (Å²) in [6.45, 7) is 8.44. The third-order valence-electron chi connectivity index (χ3n) is 7.19. The maximum Gasteiger partial charge on any atom is 0.223 e. The van der Waals surface area contributed by atoms with Crippen molar-refractivity contribution in [3.8, 4) is 0 Å². The lowest BCUT2D eigenvalue weighted by Gasteiger charge is -2.52. The van der Waals surface area contributed by atoms with Gasteiger partial charge in [0, 0.05) is 37.3 Å². The molecule has 1 aliphatic heterocycles. The van der Waals surface area contributed by atoms with E-state index in [1.807, 2.05) is 12.1 Å². The molecule has 0 radical (unpaired) electrons. The molecule has 0 amide bonds. The Kier molecular flexibility index (Phi) is 6.73. The van der Waals surface area contributed by atoms with Gasteiger partial charge in [0.25, 0.3) is 0 Å². The zero-order valence-corrected chi connectivity index (χ0v) is 19.6. The van der Waals surface area contributed by atoms with Crippen LogP contribution in [0.2, 0.25) is 10.0 Å². The summed E-state index contributed by atoms with van der Waals surface area (Å²) in [5, 5.41) is 8.17. The van der Waals surface area contributed by atoms with Gasteiger partial charge in [-0.1, -0.05) is 35.3 Å². The first-order chi connectivity index (χ1) is 14.8. The molecule has 2 aromatic rings. The Morgan fingerprint density at radius 3 is 2.45 bits per heavy atom. The number of hydrogen-bond donors (Lipinski definition) is 2. The summed E-state index contributed by atoms with van der Waals surface area (Å²) in [7, 11) is 0. The number of hydrogen-bond acceptors (Lipinski definition) is 5. The predicted octanol–water partition coefficient (Wildman–Crippen LogP) is 5.10. The third kappa shape index (κ3) is 4.68. The van der Waals surface area contributed by atoms with Crippen LogP contribution in [0.15, 0.2) is 30.6 Å². The second kappa shape index (κ2) is 9.18. The van der Waals surface area contributed by atoms with Crippen molar-refractivity contribution in [1.29, 1.82) is 0 Å². The zero-order valence-electron chi connectivity index (χ0n) is 18.1. The molecule has 31 heavy (non-hydrogen) atoms. The van der Waals surface area contributed by atoms with Crippen LogP contribution in [-0.2, 0) is 5.54 Å². The van der Waals surface area contributed by atoms with E-state index in [-0.39, 0.29) is 11.1 Å². The summed E-state index contributed by atoms with van der Waals surface area (Å²) in [6, 6.07) is 6.00. The van der Waals surface area contributed by atoms with Crippen LogP contribution >= 0.6 is 23.2 Å². The van der Waals surface area contributed by atoms with Gasteiger partial charge in [0.1, 0.15) is 0 Å². The lowest BCUT2D eigenvalue weighted by Crippen LogP contribution is -2.57. The van der Waals surface area contributed by atoms with Crippen molar-refractivity contribution in [2.75, 3.05) is 31.5 Å². The van der Waals surface area contributed by atoms with Crippen LogP contribution < -0.4 is 10.6 Å². The average Bonchev–Trinajstić information content (AvgIpc) is 2.78. The van der Waals surface area contributed by atoms with Crippen molar-refractivity contribution in [2.45, 2.75) is 50.6 Å². The second-order valence-electron chi connectivity index (χ2n) is 9.17. The molecule has 0 spiro atoms. The van der Waals surface area contributed by atoms with Crippen LogP contribution in [0.1, 0.15) is 45.1 Å². The molecule has 1 aromatic heterocycles. The van der Waals surface area contributed by atoms with Gasteiger partial charge in [-0.2, -0.15) is 0 Å². The summed E-state index contributed by atoms with van der Waals surface area (Å²) in [5.74, 6) is 0.486. The summed E-state index contributed by atoms with van der Waals surface area (Å²) >= 11 is 13.2. The van der Waals surface area contributed by atoms with E-state index < -0.39 is 5.82 Å². The van der Waals surface area contributed by atoms with Gasteiger partial charge in [-0.15, -0.1) is 0 Å². The molecule has 2 N–H and O–H groups in total. The normalized spacial score (nSPS) is 26.9. The van der Waals surface area contributed by atoms with E-state index in [9.17, 15) is 4.39 Å². The Hall–Kier alpha value is -1.47. The molecule has 2 heterocycles. The molecule has 1 saturated carbocycles. The van der Waals surface area contributed by atoms with Crippen LogP contribution in [-0.4, -0.2) is 46.6 Å². The highest BCUT2D eigenvalue weighted by atomic mass is 35.5. The summed E-state index contributed by atoms with van der Waals surface area (Å²) in [5.41, 5.74) is 0.793. The number of piperazine rings is 1. The van der Waals surface area contributed by atoms with Crippen molar-refractivity contribution in [3.05, 3.63) is 52.0 Å². The number of rotatable bonds is 5. The lowest BCUT2D eigenvalue weighted by molar-refractivity contribution is 0.00932. The minimum Gasteiger partial charge on any atom is -0.349 e. The largest absolute Gasteiger partial charge is 0.349 e. The molecular formula is C23H30Cl2FN5. The molecule has 1 saturated heterocycles. The lowest BCUT2D eigenvalue weighted by atomic mass is 9.67. The smallest absolute Gasteiger partial charge is 0.223 e. The maximum atomic E-state index is 13.2. The molecule has 0 bridgehead atoms. The van der Waals surface area contributed by atoms with Crippen molar-refractivity contribution in [2.24, 2.45) is 5.92 Å². The fourth-order valence-electron chi connectivity index (χ4n) is 5.26. The van der Waals surface area contributed by atoms with Crippen LogP contribution in [0.4, 0.5) is 10.3 Å². The minimum atomic E-state index is -0.426. The Morgan fingerprint density at radius 1 is 1.16 bits per heavy atom. The molecule has 4 rings (SSSR count). The van der Waals surface area contributed by atoms with E-state index in [0.29, 0.717) is 21.9 Å². The highest BCUT2D eigenvalue weighted by Gasteiger charge is 2.46. The van der Waals surface area contributed by atoms with E-state index in [4.69, 9.17) is 23.2 Å². The second-order valence-corrected chi connectivity index (χ2v) is 9.96. The van der Waals surface area contributed by atoms with Crippen LogP contribution in [0.25, 0.3) is 0 Å². The molecule has 1 aliphatic carbocycles. The van der Waals surface area contributed by atoms with Gasteiger partial charge in [-0.05, 0) is 57.1 Å². The third-order valence-corrected chi connectivity index (χ3v) is 8.01. The minimum absolute atomic E-state index is 0.128. The van der Waals surface area contributed by atoms with Gasteiger partial charge >= 0.3 is 0 Å². The predicted molar refractivity (Wildman–Crippen MR) is 124 cm³/mol. The van der Waals surface area contributed by atoms with Crippen molar-refractivity contribution < 1.29 is 4.39 Å². The zero-order chi connectivity index (χ0) is 22.1. The first-order valence-corrected chi connectivity index (χ1v) is 11.7. The number of nitrogens with zero attached hydrogens (tertiary/aromatic N) is 3. The Labute approximate surface area is 193 Å². The first-order valence-electron chi connectivity index (χ1n) is 11.0. The molecule has 1 aromatic carbocycles. The molecule has 1 unspecified atom stereocenters. The Bertz CT molecular complexity index is 895. The maximum absolute atomic E-state index is 13.2. The van der Waals surface area contributed by atoms with Gasteiger partial charge in [0.2, 0.25) is 5.95 Å². The number of anilines is 1. The molecule has 5 nitrogen and oxygen atoms in total. The van der Waals surface area contributed by atoms with E-state index >= 15 is 0 Å². The van der Waals surface area contributed by atoms with E-state index in [1.165, 1.54) is 12.4 Å². The molecule has 8 heteroatoms. The summed E-state index contributed by atoms with van der Waals surface area (Å²) in [6.07, 6.45) is 6.42. The topological polar surface area (TPSA) is 53.1 Å². The van der Waals surface area contributed by atoms with Crippen LogP contribution in [0.3, 0.4) is 0 Å². The summed E-state index contributed by atoms with van der Waals surface area (Å²) in [4.78, 5) is 10.7. The van der Waals surface area contributed by atoms with Gasteiger partial charge in [0.05, 0.1) is 22.4 Å². The standard InChI is InChI=1S/C23H30Cl2FN5/c1-22(30-21-28-14-17(26)15-29-21)8-6-16(7-9-22)23(2,31-12-10-27-11-13-31)18-4-3-5-19(24)20(18)25/h3-5,14-16,27H,6-13H2,1-2H3,(H,28,29,30). The van der Waals surface area contributed by atoms with Crippen molar-refractivity contribution >= 4 is 29.2 Å². The fraction of sp³-hybridized carbons (Fsp3) is 0.565. The van der Waals surface area contributed by atoms with Crippen molar-refractivity contribution in [1.82, 2.24) is 20.2 Å². The molecule has 2 aliphatic rings.